The summed E-state index contributed by atoms with van der Waals surface area (Å²) in [5.74, 6) is 0.308. The highest BCUT2D eigenvalue weighted by Gasteiger charge is 2.14. The Hall–Kier alpha value is -2.04. The molecule has 0 aromatic heterocycles. The van der Waals surface area contributed by atoms with E-state index in [2.05, 4.69) is 0 Å². The van der Waals surface area contributed by atoms with Gasteiger partial charge in [-0.15, -0.1) is 0 Å². The van der Waals surface area contributed by atoms with Crippen molar-refractivity contribution in [3.05, 3.63) is 18.2 Å². The fourth-order valence-corrected chi connectivity index (χ4v) is 1.77. The SMILES string of the molecule is CCCCC(=O)Oc1ccc(OC)cc1OC(=O)CCCC. The Balaban J connectivity index is 2.82. The van der Waals surface area contributed by atoms with Crippen LogP contribution >= 0.6 is 0 Å². The first-order valence-electron chi connectivity index (χ1n) is 7.70. The molecule has 22 heavy (non-hydrogen) atoms. The third-order valence-corrected chi connectivity index (χ3v) is 3.07. The molecule has 1 aromatic rings. The van der Waals surface area contributed by atoms with E-state index < -0.39 is 0 Å². The summed E-state index contributed by atoms with van der Waals surface area (Å²) < 4.78 is 15.7. The van der Waals surface area contributed by atoms with E-state index in [-0.39, 0.29) is 23.4 Å². The van der Waals surface area contributed by atoms with Crippen LogP contribution in [-0.4, -0.2) is 19.0 Å². The molecule has 0 fully saturated rings. The van der Waals surface area contributed by atoms with E-state index in [0.717, 1.165) is 25.7 Å². The number of carbonyl (C=O) groups is 2. The van der Waals surface area contributed by atoms with Gasteiger partial charge >= 0.3 is 11.9 Å². The summed E-state index contributed by atoms with van der Waals surface area (Å²) in [7, 11) is 1.52. The van der Waals surface area contributed by atoms with Crippen molar-refractivity contribution in [1.82, 2.24) is 0 Å². The molecular formula is C17H24O5. The number of ether oxygens (including phenoxy) is 3. The van der Waals surface area contributed by atoms with Crippen molar-refractivity contribution in [2.45, 2.75) is 52.4 Å². The largest absolute Gasteiger partial charge is 0.497 e. The van der Waals surface area contributed by atoms with Crippen LogP contribution in [0.25, 0.3) is 0 Å². The first-order valence-corrected chi connectivity index (χ1v) is 7.70. The average Bonchev–Trinajstić information content (AvgIpc) is 2.52. The molecule has 0 unspecified atom stereocenters. The van der Waals surface area contributed by atoms with Crippen molar-refractivity contribution in [2.24, 2.45) is 0 Å². The Morgan fingerprint density at radius 1 is 0.909 bits per heavy atom. The minimum atomic E-state index is -0.346. The zero-order valence-corrected chi connectivity index (χ0v) is 13.5. The van der Waals surface area contributed by atoms with Gasteiger partial charge in [-0.1, -0.05) is 26.7 Å². The summed E-state index contributed by atoms with van der Waals surface area (Å²) in [6.07, 6.45) is 4.01. The van der Waals surface area contributed by atoms with Crippen molar-refractivity contribution in [1.29, 1.82) is 0 Å². The second-order valence-corrected chi connectivity index (χ2v) is 4.97. The summed E-state index contributed by atoms with van der Waals surface area (Å²) in [5, 5.41) is 0. The molecule has 0 amide bonds. The van der Waals surface area contributed by atoms with Gasteiger partial charge in [-0.25, -0.2) is 0 Å². The maximum atomic E-state index is 11.8. The Morgan fingerprint density at radius 2 is 1.45 bits per heavy atom. The minimum Gasteiger partial charge on any atom is -0.497 e. The van der Waals surface area contributed by atoms with Gasteiger partial charge in [0.1, 0.15) is 5.75 Å². The quantitative estimate of drug-likeness (QED) is 0.511. The lowest BCUT2D eigenvalue weighted by Crippen LogP contribution is -2.12. The Morgan fingerprint density at radius 3 is 1.95 bits per heavy atom. The molecule has 0 aliphatic rings. The molecule has 0 bridgehead atoms. The molecule has 0 saturated heterocycles. The standard InChI is InChI=1S/C17H24O5/c1-4-6-8-16(18)21-14-11-10-13(20-3)12-15(14)22-17(19)9-7-5-2/h10-12H,4-9H2,1-3H3. The van der Waals surface area contributed by atoms with Crippen LogP contribution in [0.2, 0.25) is 0 Å². The molecule has 0 aliphatic carbocycles. The van der Waals surface area contributed by atoms with Crippen LogP contribution in [0.5, 0.6) is 17.2 Å². The van der Waals surface area contributed by atoms with Gasteiger partial charge < -0.3 is 14.2 Å². The van der Waals surface area contributed by atoms with Crippen LogP contribution in [0.4, 0.5) is 0 Å². The molecule has 122 valence electrons. The Bertz CT molecular complexity index is 496. The zero-order chi connectivity index (χ0) is 16.4. The van der Waals surface area contributed by atoms with Gasteiger partial charge in [0.05, 0.1) is 7.11 Å². The summed E-state index contributed by atoms with van der Waals surface area (Å²) in [4.78, 5) is 23.5. The molecule has 5 nitrogen and oxygen atoms in total. The predicted octanol–water partition coefficient (Wildman–Crippen LogP) is 3.89. The Kier molecular flexibility index (Phi) is 8.04. The minimum absolute atomic E-state index is 0.213. The van der Waals surface area contributed by atoms with E-state index in [0.29, 0.717) is 18.6 Å². The smallest absolute Gasteiger partial charge is 0.311 e. The highest BCUT2D eigenvalue weighted by atomic mass is 16.6. The number of hydrogen-bond donors (Lipinski definition) is 0. The van der Waals surface area contributed by atoms with Crippen LogP contribution < -0.4 is 14.2 Å². The zero-order valence-electron chi connectivity index (χ0n) is 13.5. The lowest BCUT2D eigenvalue weighted by atomic mass is 10.2. The summed E-state index contributed by atoms with van der Waals surface area (Å²) >= 11 is 0. The number of esters is 2. The highest BCUT2D eigenvalue weighted by molar-refractivity contribution is 5.76. The van der Waals surface area contributed by atoms with Gasteiger partial charge in [-0.05, 0) is 25.0 Å². The van der Waals surface area contributed by atoms with Gasteiger partial charge in [0.25, 0.3) is 0 Å². The van der Waals surface area contributed by atoms with Crippen molar-refractivity contribution in [3.8, 4) is 17.2 Å². The number of carbonyl (C=O) groups excluding carboxylic acids is 2. The maximum Gasteiger partial charge on any atom is 0.311 e. The van der Waals surface area contributed by atoms with Gasteiger partial charge in [0.15, 0.2) is 11.5 Å². The first-order chi connectivity index (χ1) is 10.6. The van der Waals surface area contributed by atoms with Crippen molar-refractivity contribution >= 4 is 11.9 Å². The summed E-state index contributed by atoms with van der Waals surface area (Å²) in [5.41, 5.74) is 0. The molecule has 0 saturated carbocycles. The molecule has 5 heteroatoms. The number of hydrogen-bond acceptors (Lipinski definition) is 5. The van der Waals surface area contributed by atoms with E-state index in [9.17, 15) is 9.59 Å². The molecule has 0 spiro atoms. The highest BCUT2D eigenvalue weighted by Crippen LogP contribution is 2.32. The third-order valence-electron chi connectivity index (χ3n) is 3.07. The molecule has 0 aliphatic heterocycles. The van der Waals surface area contributed by atoms with Crippen LogP contribution in [0.1, 0.15) is 52.4 Å². The molecule has 0 N–H and O–H groups in total. The predicted molar refractivity (Wildman–Crippen MR) is 83.3 cm³/mol. The monoisotopic (exact) mass is 308 g/mol. The van der Waals surface area contributed by atoms with Crippen molar-refractivity contribution < 1.29 is 23.8 Å². The normalized spacial score (nSPS) is 10.1. The Labute approximate surface area is 131 Å². The van der Waals surface area contributed by atoms with E-state index in [1.165, 1.54) is 7.11 Å². The molecule has 0 radical (unpaired) electrons. The number of benzene rings is 1. The topological polar surface area (TPSA) is 61.8 Å². The average molecular weight is 308 g/mol. The lowest BCUT2D eigenvalue weighted by Gasteiger charge is -2.12. The molecular weight excluding hydrogens is 284 g/mol. The second-order valence-electron chi connectivity index (χ2n) is 4.97. The number of unbranched alkanes of at least 4 members (excludes halogenated alkanes) is 2. The van der Waals surface area contributed by atoms with E-state index in [4.69, 9.17) is 14.2 Å². The molecule has 1 aromatic carbocycles. The second kappa shape index (κ2) is 9.82. The molecule has 1 rings (SSSR count). The number of methoxy groups -OCH3 is 1. The van der Waals surface area contributed by atoms with E-state index >= 15 is 0 Å². The van der Waals surface area contributed by atoms with Crippen LogP contribution in [0.3, 0.4) is 0 Å². The summed E-state index contributed by atoms with van der Waals surface area (Å²) in [6.45, 7) is 4.00. The van der Waals surface area contributed by atoms with Gasteiger partial charge in [-0.2, -0.15) is 0 Å². The van der Waals surface area contributed by atoms with Gasteiger partial charge in [-0.3, -0.25) is 9.59 Å². The van der Waals surface area contributed by atoms with Crippen molar-refractivity contribution in [2.75, 3.05) is 7.11 Å². The van der Waals surface area contributed by atoms with E-state index in [1.54, 1.807) is 18.2 Å². The van der Waals surface area contributed by atoms with Gasteiger partial charge in [0, 0.05) is 18.9 Å². The number of rotatable bonds is 9. The molecule has 0 heterocycles. The van der Waals surface area contributed by atoms with Gasteiger partial charge in [0.2, 0.25) is 0 Å². The van der Waals surface area contributed by atoms with Crippen LogP contribution in [-0.2, 0) is 9.59 Å². The van der Waals surface area contributed by atoms with Crippen LogP contribution in [0.15, 0.2) is 18.2 Å². The fourth-order valence-electron chi connectivity index (χ4n) is 1.77. The first kappa shape index (κ1) is 18.0. The third kappa shape index (κ3) is 6.16. The van der Waals surface area contributed by atoms with E-state index in [1.807, 2.05) is 13.8 Å². The molecule has 0 atom stereocenters. The van der Waals surface area contributed by atoms with Crippen molar-refractivity contribution in [3.63, 3.8) is 0 Å². The van der Waals surface area contributed by atoms with Crippen LogP contribution in [0, 0.1) is 0 Å². The maximum absolute atomic E-state index is 11.8. The summed E-state index contributed by atoms with van der Waals surface area (Å²) in [6, 6.07) is 4.78. The lowest BCUT2D eigenvalue weighted by molar-refractivity contribution is -0.137. The fraction of sp³-hybridized carbons (Fsp3) is 0.529.